The van der Waals surface area contributed by atoms with Crippen molar-refractivity contribution in [2.75, 3.05) is 31.1 Å². The maximum atomic E-state index is 12.7. The number of piperidine rings is 1. The van der Waals surface area contributed by atoms with E-state index in [9.17, 15) is 10.1 Å². The van der Waals surface area contributed by atoms with Crippen molar-refractivity contribution < 1.29 is 4.79 Å². The summed E-state index contributed by atoms with van der Waals surface area (Å²) in [5, 5.41) is 12.6. The Kier molecular flexibility index (Phi) is 4.13. The molecule has 2 aliphatic rings. The number of carbonyl (C=O) groups is 1. The van der Waals surface area contributed by atoms with E-state index in [1.54, 1.807) is 11.0 Å². The molecule has 1 aromatic rings. The van der Waals surface area contributed by atoms with Crippen molar-refractivity contribution in [1.29, 1.82) is 5.26 Å². The molecule has 3 rings (SSSR count). The molecule has 5 nitrogen and oxygen atoms in total. The van der Waals surface area contributed by atoms with Crippen molar-refractivity contribution in [3.63, 3.8) is 0 Å². The lowest BCUT2D eigenvalue weighted by atomic mass is 10.1. The highest BCUT2D eigenvalue weighted by Crippen LogP contribution is 2.28. The first-order valence-electron chi connectivity index (χ1n) is 7.19. The molecule has 1 aromatic carbocycles. The van der Waals surface area contributed by atoms with Crippen molar-refractivity contribution >= 4 is 27.6 Å². The molecule has 0 saturated carbocycles. The van der Waals surface area contributed by atoms with Crippen molar-refractivity contribution in [1.82, 2.24) is 10.2 Å². The van der Waals surface area contributed by atoms with Crippen molar-refractivity contribution in [2.24, 2.45) is 0 Å². The summed E-state index contributed by atoms with van der Waals surface area (Å²) in [6.45, 7) is 3.33. The number of halogens is 1. The van der Waals surface area contributed by atoms with Gasteiger partial charge in [0.15, 0.2) is 0 Å². The molecule has 1 N–H and O–H groups in total. The Morgan fingerprint density at radius 1 is 1.29 bits per heavy atom. The molecular weight excluding hydrogens is 332 g/mol. The average Bonchev–Trinajstić information content (AvgIpc) is 2.89. The second-order valence-corrected chi connectivity index (χ2v) is 6.30. The summed E-state index contributed by atoms with van der Waals surface area (Å²) in [5.74, 6) is 0. The number of nitrogens with zero attached hydrogens (tertiary/aromatic N) is 3. The van der Waals surface area contributed by atoms with Crippen LogP contribution >= 0.6 is 15.9 Å². The summed E-state index contributed by atoms with van der Waals surface area (Å²) in [6, 6.07) is 8.00. The van der Waals surface area contributed by atoms with E-state index >= 15 is 0 Å². The monoisotopic (exact) mass is 348 g/mol. The molecule has 0 unspecified atom stereocenters. The van der Waals surface area contributed by atoms with E-state index in [0.29, 0.717) is 23.8 Å². The minimum Gasteiger partial charge on any atom is -0.319 e. The first-order valence-corrected chi connectivity index (χ1v) is 7.98. The average molecular weight is 349 g/mol. The van der Waals surface area contributed by atoms with E-state index in [2.05, 4.69) is 27.3 Å². The number of benzene rings is 1. The molecule has 0 bridgehead atoms. The molecule has 2 aliphatic heterocycles. The predicted octanol–water partition coefficient (Wildman–Crippen LogP) is 2.31. The third-order valence-corrected chi connectivity index (χ3v) is 4.65. The van der Waals surface area contributed by atoms with Crippen LogP contribution < -0.4 is 10.2 Å². The van der Waals surface area contributed by atoms with Gasteiger partial charge in [-0.3, -0.25) is 4.90 Å². The van der Waals surface area contributed by atoms with E-state index in [4.69, 9.17) is 0 Å². The number of nitrogens with one attached hydrogen (secondary N) is 1. The Labute approximate surface area is 132 Å². The molecule has 21 heavy (non-hydrogen) atoms. The van der Waals surface area contributed by atoms with Crippen molar-refractivity contribution in [3.8, 4) is 6.07 Å². The van der Waals surface area contributed by atoms with Gasteiger partial charge in [0.1, 0.15) is 6.07 Å². The SMILES string of the molecule is N#Cc1cc(Br)ccc1N1CCN(C2CCNCC2)C1=O. The van der Waals surface area contributed by atoms with Gasteiger partial charge in [0, 0.05) is 23.6 Å². The fraction of sp³-hybridized carbons (Fsp3) is 0.467. The Hall–Kier alpha value is -1.58. The molecule has 2 amide bonds. The van der Waals surface area contributed by atoms with Crippen LogP contribution in [0.4, 0.5) is 10.5 Å². The summed E-state index contributed by atoms with van der Waals surface area (Å²) in [7, 11) is 0. The zero-order valence-corrected chi connectivity index (χ0v) is 13.3. The Balaban J connectivity index is 1.82. The number of rotatable bonds is 2. The van der Waals surface area contributed by atoms with Crippen LogP contribution in [0, 0.1) is 11.3 Å². The third-order valence-electron chi connectivity index (χ3n) is 4.16. The zero-order chi connectivity index (χ0) is 14.8. The number of hydrogen-bond donors (Lipinski definition) is 1. The Bertz CT molecular complexity index is 592. The number of urea groups is 1. The quantitative estimate of drug-likeness (QED) is 0.892. The van der Waals surface area contributed by atoms with Crippen LogP contribution in [0.15, 0.2) is 22.7 Å². The number of carbonyl (C=O) groups excluding carboxylic acids is 1. The summed E-state index contributed by atoms with van der Waals surface area (Å²) in [4.78, 5) is 16.4. The van der Waals surface area contributed by atoms with Crippen LogP contribution in [0.2, 0.25) is 0 Å². The fourth-order valence-electron chi connectivity index (χ4n) is 3.07. The highest BCUT2D eigenvalue weighted by Gasteiger charge is 2.35. The molecule has 0 atom stereocenters. The van der Waals surface area contributed by atoms with Crippen molar-refractivity contribution in [2.45, 2.75) is 18.9 Å². The fourth-order valence-corrected chi connectivity index (χ4v) is 3.43. The lowest BCUT2D eigenvalue weighted by Crippen LogP contribution is -2.45. The van der Waals surface area contributed by atoms with Crippen LogP contribution in [0.25, 0.3) is 0 Å². The van der Waals surface area contributed by atoms with Gasteiger partial charge in [0.05, 0.1) is 11.3 Å². The first-order chi connectivity index (χ1) is 10.2. The van der Waals surface area contributed by atoms with E-state index in [0.717, 1.165) is 36.9 Å². The summed E-state index contributed by atoms with van der Waals surface area (Å²) < 4.78 is 0.852. The van der Waals surface area contributed by atoms with Crippen LogP contribution in [0.5, 0.6) is 0 Å². The van der Waals surface area contributed by atoms with Gasteiger partial charge >= 0.3 is 6.03 Å². The Morgan fingerprint density at radius 2 is 2.05 bits per heavy atom. The minimum absolute atomic E-state index is 0.0284. The smallest absolute Gasteiger partial charge is 0.319 e. The maximum absolute atomic E-state index is 12.7. The molecule has 6 heteroatoms. The van der Waals surface area contributed by atoms with Crippen LogP contribution in [0.3, 0.4) is 0 Å². The van der Waals surface area contributed by atoms with Gasteiger partial charge in [0.2, 0.25) is 0 Å². The predicted molar refractivity (Wildman–Crippen MR) is 84.2 cm³/mol. The van der Waals surface area contributed by atoms with Gasteiger partial charge in [-0.05, 0) is 44.1 Å². The largest absolute Gasteiger partial charge is 0.324 e. The van der Waals surface area contributed by atoms with E-state index in [-0.39, 0.29) is 6.03 Å². The second-order valence-electron chi connectivity index (χ2n) is 5.38. The second kappa shape index (κ2) is 6.04. The van der Waals surface area contributed by atoms with Crippen LogP contribution in [-0.2, 0) is 0 Å². The minimum atomic E-state index is 0.0284. The highest BCUT2D eigenvalue weighted by molar-refractivity contribution is 9.10. The van der Waals surface area contributed by atoms with Crippen LogP contribution in [0.1, 0.15) is 18.4 Å². The topological polar surface area (TPSA) is 59.4 Å². The lowest BCUT2D eigenvalue weighted by molar-refractivity contribution is 0.185. The number of amides is 2. The summed E-state index contributed by atoms with van der Waals surface area (Å²) >= 11 is 3.36. The molecule has 110 valence electrons. The highest BCUT2D eigenvalue weighted by atomic mass is 79.9. The number of anilines is 1. The Morgan fingerprint density at radius 3 is 2.76 bits per heavy atom. The molecule has 0 radical (unpaired) electrons. The standard InChI is InChI=1S/C15H17BrN4O/c16-12-1-2-14(11(9-12)10-17)20-8-7-19(15(20)21)13-3-5-18-6-4-13/h1-2,9,13,18H,3-8H2. The maximum Gasteiger partial charge on any atom is 0.324 e. The van der Waals surface area contributed by atoms with Gasteiger partial charge in [-0.2, -0.15) is 5.26 Å². The molecule has 2 saturated heterocycles. The van der Waals surface area contributed by atoms with E-state index in [1.807, 2.05) is 17.0 Å². The molecule has 2 heterocycles. The molecule has 0 spiro atoms. The zero-order valence-electron chi connectivity index (χ0n) is 11.7. The normalized spacial score (nSPS) is 19.9. The van der Waals surface area contributed by atoms with Gasteiger partial charge in [0.25, 0.3) is 0 Å². The molecular formula is C15H17BrN4O. The molecule has 2 fully saturated rings. The van der Waals surface area contributed by atoms with Crippen LogP contribution in [-0.4, -0.2) is 43.2 Å². The molecule has 0 aromatic heterocycles. The van der Waals surface area contributed by atoms with Gasteiger partial charge < -0.3 is 10.2 Å². The summed E-state index contributed by atoms with van der Waals surface area (Å²) in [5.41, 5.74) is 1.24. The number of hydrogen-bond acceptors (Lipinski definition) is 3. The number of nitriles is 1. The van der Waals surface area contributed by atoms with Gasteiger partial charge in [-0.25, -0.2) is 4.79 Å². The van der Waals surface area contributed by atoms with Crippen molar-refractivity contribution in [3.05, 3.63) is 28.2 Å². The van der Waals surface area contributed by atoms with Gasteiger partial charge in [-0.15, -0.1) is 0 Å². The van der Waals surface area contributed by atoms with E-state index in [1.165, 1.54) is 0 Å². The first kappa shape index (κ1) is 14.4. The summed E-state index contributed by atoms with van der Waals surface area (Å²) in [6.07, 6.45) is 2.01. The van der Waals surface area contributed by atoms with E-state index < -0.39 is 0 Å². The van der Waals surface area contributed by atoms with Gasteiger partial charge in [-0.1, -0.05) is 15.9 Å². The molecule has 0 aliphatic carbocycles. The lowest BCUT2D eigenvalue weighted by Gasteiger charge is -2.31. The third kappa shape index (κ3) is 2.76.